The van der Waals surface area contributed by atoms with E-state index in [0.29, 0.717) is 0 Å². The van der Waals surface area contributed by atoms with Crippen molar-refractivity contribution in [2.24, 2.45) is 0 Å². The molecule has 8 nitrogen and oxygen atoms in total. The molecule has 0 atom stereocenters. The summed E-state index contributed by atoms with van der Waals surface area (Å²) in [6.45, 7) is -0.133. The number of pyridine rings is 1. The van der Waals surface area contributed by atoms with Crippen LogP contribution in [0.4, 0.5) is 17.6 Å². The van der Waals surface area contributed by atoms with E-state index in [1.165, 1.54) is 6.20 Å². The van der Waals surface area contributed by atoms with Gasteiger partial charge in [-0.25, -0.2) is 9.78 Å². The van der Waals surface area contributed by atoms with Crippen LogP contribution in [0.15, 0.2) is 54.7 Å². The van der Waals surface area contributed by atoms with Crippen LogP contribution in [0, 0.1) is 0 Å². The van der Waals surface area contributed by atoms with Crippen molar-refractivity contribution in [3.8, 4) is 0 Å². The molecule has 0 fully saturated rings. The lowest BCUT2D eigenvalue weighted by molar-refractivity contribution is 0.0455. The lowest BCUT2D eigenvalue weighted by Crippen LogP contribution is -2.11. The molecule has 120 valence electrons. The quantitative estimate of drug-likeness (QED) is 0.685. The van der Waals surface area contributed by atoms with Gasteiger partial charge in [0.25, 0.3) is 0 Å². The number of nitrogens with zero attached hydrogens (tertiary/aromatic N) is 4. The van der Waals surface area contributed by atoms with Crippen molar-refractivity contribution in [1.29, 1.82) is 0 Å². The number of nitrogen functional groups attached to an aromatic ring is 1. The lowest BCUT2D eigenvalue weighted by atomic mass is 10.3. The van der Waals surface area contributed by atoms with Gasteiger partial charge in [-0.2, -0.15) is 15.0 Å². The van der Waals surface area contributed by atoms with Crippen LogP contribution in [0.25, 0.3) is 0 Å². The van der Waals surface area contributed by atoms with Crippen molar-refractivity contribution in [1.82, 2.24) is 19.9 Å². The van der Waals surface area contributed by atoms with Crippen molar-refractivity contribution in [2.75, 3.05) is 11.1 Å². The highest BCUT2D eigenvalue weighted by atomic mass is 16.5. The van der Waals surface area contributed by atoms with E-state index in [4.69, 9.17) is 10.5 Å². The molecule has 24 heavy (non-hydrogen) atoms. The molecule has 0 aliphatic carbocycles. The number of nitrogens with two attached hydrogens (primary N) is 1. The number of nitrogens with one attached hydrogen (secondary N) is 1. The summed E-state index contributed by atoms with van der Waals surface area (Å²) in [5, 5.41) is 3.01. The second-order valence-electron chi connectivity index (χ2n) is 4.72. The second-order valence-corrected chi connectivity index (χ2v) is 4.72. The van der Waals surface area contributed by atoms with Crippen LogP contribution in [0.2, 0.25) is 0 Å². The standard InChI is InChI=1S/C16H14N6O2/c17-15-20-13(10-24-14(23)12-8-4-5-9-18-12)21-16(22-15)19-11-6-2-1-3-7-11/h1-9H,10H2,(H3,17,19,20,21,22). The van der Waals surface area contributed by atoms with Gasteiger partial charge in [-0.05, 0) is 24.3 Å². The predicted octanol–water partition coefficient (Wildman–Crippen LogP) is 1.95. The molecule has 0 spiro atoms. The fraction of sp³-hybridized carbons (Fsp3) is 0.0625. The van der Waals surface area contributed by atoms with Gasteiger partial charge in [-0.1, -0.05) is 24.3 Å². The summed E-state index contributed by atoms with van der Waals surface area (Å²) in [6, 6.07) is 14.4. The SMILES string of the molecule is Nc1nc(COC(=O)c2ccccn2)nc(Nc2ccccc2)n1. The van der Waals surface area contributed by atoms with Crippen molar-refractivity contribution in [3.05, 3.63) is 66.2 Å². The zero-order chi connectivity index (χ0) is 16.8. The van der Waals surface area contributed by atoms with Gasteiger partial charge in [0.1, 0.15) is 5.69 Å². The van der Waals surface area contributed by atoms with Gasteiger partial charge >= 0.3 is 5.97 Å². The van der Waals surface area contributed by atoms with Crippen LogP contribution in [-0.4, -0.2) is 25.9 Å². The second kappa shape index (κ2) is 7.14. The van der Waals surface area contributed by atoms with Crippen LogP contribution in [0.3, 0.4) is 0 Å². The van der Waals surface area contributed by atoms with Gasteiger partial charge in [-0.15, -0.1) is 0 Å². The van der Waals surface area contributed by atoms with E-state index >= 15 is 0 Å². The fourth-order valence-electron chi connectivity index (χ4n) is 1.90. The number of esters is 1. The molecule has 3 aromatic rings. The first-order valence-corrected chi connectivity index (χ1v) is 7.11. The summed E-state index contributed by atoms with van der Waals surface area (Å²) in [7, 11) is 0. The summed E-state index contributed by atoms with van der Waals surface area (Å²) in [5.41, 5.74) is 6.69. The molecule has 0 radical (unpaired) electrons. The monoisotopic (exact) mass is 322 g/mol. The zero-order valence-corrected chi connectivity index (χ0v) is 12.6. The van der Waals surface area contributed by atoms with E-state index in [1.54, 1.807) is 18.2 Å². The molecule has 3 rings (SSSR count). The van der Waals surface area contributed by atoms with Crippen molar-refractivity contribution < 1.29 is 9.53 Å². The number of carbonyl (C=O) groups excluding carboxylic acids is 1. The normalized spacial score (nSPS) is 10.2. The van der Waals surface area contributed by atoms with E-state index in [1.807, 2.05) is 30.3 Å². The molecule has 3 N–H and O–H groups in total. The molecule has 8 heteroatoms. The maximum absolute atomic E-state index is 11.9. The number of hydrogen-bond acceptors (Lipinski definition) is 8. The summed E-state index contributed by atoms with van der Waals surface area (Å²) >= 11 is 0. The highest BCUT2D eigenvalue weighted by Gasteiger charge is 2.11. The maximum Gasteiger partial charge on any atom is 0.357 e. The molecular formula is C16H14N6O2. The molecule has 0 amide bonds. The molecule has 0 bridgehead atoms. The Morgan fingerprint density at radius 3 is 2.58 bits per heavy atom. The van der Waals surface area contributed by atoms with Gasteiger partial charge in [0.15, 0.2) is 12.4 Å². The number of para-hydroxylation sites is 1. The van der Waals surface area contributed by atoms with Crippen LogP contribution in [0.5, 0.6) is 0 Å². The smallest absolute Gasteiger partial charge is 0.357 e. The molecule has 0 saturated heterocycles. The molecule has 0 aliphatic heterocycles. The van der Waals surface area contributed by atoms with Gasteiger partial charge in [-0.3, -0.25) is 0 Å². The van der Waals surface area contributed by atoms with Crippen molar-refractivity contribution >= 4 is 23.6 Å². The van der Waals surface area contributed by atoms with Gasteiger partial charge < -0.3 is 15.8 Å². The predicted molar refractivity (Wildman–Crippen MR) is 87.3 cm³/mol. The minimum absolute atomic E-state index is 0.0346. The van der Waals surface area contributed by atoms with Gasteiger partial charge in [0.05, 0.1) is 0 Å². The Morgan fingerprint density at radius 1 is 1.04 bits per heavy atom. The van der Waals surface area contributed by atoms with E-state index < -0.39 is 5.97 Å². The molecule has 0 saturated carbocycles. The topological polar surface area (TPSA) is 116 Å². The minimum Gasteiger partial charge on any atom is -0.453 e. The zero-order valence-electron chi connectivity index (χ0n) is 12.6. The first-order valence-electron chi connectivity index (χ1n) is 7.11. The van der Waals surface area contributed by atoms with Crippen LogP contribution < -0.4 is 11.1 Å². The van der Waals surface area contributed by atoms with Crippen LogP contribution in [0.1, 0.15) is 16.3 Å². The lowest BCUT2D eigenvalue weighted by Gasteiger charge is -2.07. The molecule has 2 aromatic heterocycles. The number of rotatable bonds is 5. The molecule has 1 aromatic carbocycles. The number of ether oxygens (including phenoxy) is 1. The molecule has 0 unspecified atom stereocenters. The number of anilines is 3. The Labute approximate surface area is 137 Å². The summed E-state index contributed by atoms with van der Waals surface area (Å²) in [5.74, 6) is -0.0118. The third-order valence-corrected chi connectivity index (χ3v) is 2.94. The van der Waals surface area contributed by atoms with Crippen molar-refractivity contribution in [2.45, 2.75) is 6.61 Å². The molecule has 2 heterocycles. The summed E-state index contributed by atoms with van der Waals surface area (Å²) < 4.78 is 5.14. The molecular weight excluding hydrogens is 308 g/mol. The van der Waals surface area contributed by atoms with E-state index in [-0.39, 0.29) is 30.0 Å². The first kappa shape index (κ1) is 15.3. The van der Waals surface area contributed by atoms with E-state index in [9.17, 15) is 4.79 Å². The Balaban J connectivity index is 1.69. The van der Waals surface area contributed by atoms with E-state index in [0.717, 1.165) is 5.69 Å². The Morgan fingerprint density at radius 2 is 1.83 bits per heavy atom. The first-order chi connectivity index (χ1) is 11.7. The fourth-order valence-corrected chi connectivity index (χ4v) is 1.90. The van der Waals surface area contributed by atoms with Gasteiger partial charge in [0.2, 0.25) is 11.9 Å². The highest BCUT2D eigenvalue weighted by molar-refractivity contribution is 5.87. The Bertz CT molecular complexity index is 826. The largest absolute Gasteiger partial charge is 0.453 e. The van der Waals surface area contributed by atoms with Gasteiger partial charge in [0, 0.05) is 11.9 Å². The van der Waals surface area contributed by atoms with Crippen LogP contribution in [-0.2, 0) is 11.3 Å². The van der Waals surface area contributed by atoms with Crippen LogP contribution >= 0.6 is 0 Å². The highest BCUT2D eigenvalue weighted by Crippen LogP contribution is 2.13. The number of benzene rings is 1. The average Bonchev–Trinajstić information content (AvgIpc) is 2.61. The Kier molecular flexibility index (Phi) is 4.57. The average molecular weight is 322 g/mol. The minimum atomic E-state index is -0.563. The summed E-state index contributed by atoms with van der Waals surface area (Å²) in [4.78, 5) is 27.9. The Hall–Kier alpha value is -3.55. The summed E-state index contributed by atoms with van der Waals surface area (Å²) in [6.07, 6.45) is 1.51. The van der Waals surface area contributed by atoms with Crippen molar-refractivity contribution in [3.63, 3.8) is 0 Å². The number of hydrogen-bond donors (Lipinski definition) is 2. The van der Waals surface area contributed by atoms with E-state index in [2.05, 4.69) is 25.3 Å². The third-order valence-electron chi connectivity index (χ3n) is 2.94. The molecule has 0 aliphatic rings. The number of carbonyl (C=O) groups is 1. The number of aromatic nitrogens is 4. The third kappa shape index (κ3) is 4.01. The maximum atomic E-state index is 11.9.